The lowest BCUT2D eigenvalue weighted by Crippen LogP contribution is -2.36. The van der Waals surface area contributed by atoms with E-state index in [1.807, 2.05) is 43.2 Å². The van der Waals surface area contributed by atoms with E-state index in [0.717, 1.165) is 25.1 Å². The standard InChI is InChI=1S/C20H25N3O2S/c1-13-7-5-9-16-15(13)8-6-10-23(16)17(24)11-14-12-26-19(21-14)22-18(25)20(2,3)4/h5,7,9,12H,6,8,10-11H2,1-4H3,(H,21,22,25). The Labute approximate surface area is 158 Å². The van der Waals surface area contributed by atoms with Gasteiger partial charge in [0.1, 0.15) is 0 Å². The van der Waals surface area contributed by atoms with Crippen LogP contribution < -0.4 is 10.2 Å². The van der Waals surface area contributed by atoms with Gasteiger partial charge in [-0.3, -0.25) is 9.59 Å². The molecule has 26 heavy (non-hydrogen) atoms. The lowest BCUT2D eigenvalue weighted by Gasteiger charge is -2.30. The molecule has 0 fully saturated rings. The Bertz CT molecular complexity index is 836. The Hall–Kier alpha value is -2.21. The normalized spacial score (nSPS) is 14.1. The number of carbonyl (C=O) groups is 2. The highest BCUT2D eigenvalue weighted by Crippen LogP contribution is 2.30. The Morgan fingerprint density at radius 2 is 2.08 bits per heavy atom. The third-order valence-corrected chi connectivity index (χ3v) is 5.38. The number of aryl methyl sites for hydroxylation is 1. The van der Waals surface area contributed by atoms with Crippen molar-refractivity contribution in [3.63, 3.8) is 0 Å². The van der Waals surface area contributed by atoms with Gasteiger partial charge in [-0.05, 0) is 37.0 Å². The molecule has 2 aromatic rings. The third-order valence-electron chi connectivity index (χ3n) is 4.57. The molecule has 0 spiro atoms. The van der Waals surface area contributed by atoms with Crippen molar-refractivity contribution < 1.29 is 9.59 Å². The molecule has 1 aromatic carbocycles. The molecule has 2 amide bonds. The lowest BCUT2D eigenvalue weighted by molar-refractivity contribution is -0.123. The molecular weight excluding hydrogens is 346 g/mol. The average molecular weight is 372 g/mol. The summed E-state index contributed by atoms with van der Waals surface area (Å²) in [4.78, 5) is 31.2. The number of fused-ring (bicyclic) bond motifs is 1. The summed E-state index contributed by atoms with van der Waals surface area (Å²) in [6.07, 6.45) is 2.24. The van der Waals surface area contributed by atoms with E-state index in [4.69, 9.17) is 0 Å². The van der Waals surface area contributed by atoms with Crippen molar-refractivity contribution in [3.8, 4) is 0 Å². The van der Waals surface area contributed by atoms with Gasteiger partial charge in [-0.1, -0.05) is 32.9 Å². The molecule has 0 bridgehead atoms. The van der Waals surface area contributed by atoms with E-state index in [9.17, 15) is 9.59 Å². The van der Waals surface area contributed by atoms with E-state index in [2.05, 4.69) is 23.3 Å². The second-order valence-corrected chi connectivity index (χ2v) is 8.60. The predicted molar refractivity (Wildman–Crippen MR) is 106 cm³/mol. The Kier molecular flexibility index (Phi) is 5.14. The Balaban J connectivity index is 1.70. The van der Waals surface area contributed by atoms with Gasteiger partial charge in [-0.15, -0.1) is 11.3 Å². The van der Waals surface area contributed by atoms with Gasteiger partial charge in [-0.2, -0.15) is 0 Å². The van der Waals surface area contributed by atoms with E-state index in [0.29, 0.717) is 10.8 Å². The zero-order valence-electron chi connectivity index (χ0n) is 15.8. The second kappa shape index (κ2) is 7.19. The lowest BCUT2D eigenvalue weighted by atomic mass is 9.96. The van der Waals surface area contributed by atoms with Crippen LogP contribution in [-0.2, 0) is 22.4 Å². The van der Waals surface area contributed by atoms with Gasteiger partial charge in [0, 0.05) is 23.0 Å². The largest absolute Gasteiger partial charge is 0.312 e. The first-order valence-corrected chi connectivity index (χ1v) is 9.78. The van der Waals surface area contributed by atoms with Crippen LogP contribution in [-0.4, -0.2) is 23.3 Å². The van der Waals surface area contributed by atoms with Crippen LogP contribution in [0.1, 0.15) is 44.0 Å². The monoisotopic (exact) mass is 371 g/mol. The van der Waals surface area contributed by atoms with Crippen LogP contribution in [0.3, 0.4) is 0 Å². The molecule has 138 valence electrons. The average Bonchev–Trinajstić information content (AvgIpc) is 3.01. The maximum atomic E-state index is 12.8. The maximum absolute atomic E-state index is 12.8. The van der Waals surface area contributed by atoms with Gasteiger partial charge in [0.05, 0.1) is 12.1 Å². The van der Waals surface area contributed by atoms with E-state index in [1.54, 1.807) is 0 Å². The van der Waals surface area contributed by atoms with Crippen LogP contribution >= 0.6 is 11.3 Å². The smallest absolute Gasteiger partial charge is 0.233 e. The van der Waals surface area contributed by atoms with Crippen molar-refractivity contribution in [2.24, 2.45) is 5.41 Å². The number of carbonyl (C=O) groups excluding carboxylic acids is 2. The molecule has 1 aromatic heterocycles. The summed E-state index contributed by atoms with van der Waals surface area (Å²) in [7, 11) is 0. The van der Waals surface area contributed by atoms with Gasteiger partial charge >= 0.3 is 0 Å². The van der Waals surface area contributed by atoms with Crippen LogP contribution in [0.15, 0.2) is 23.6 Å². The maximum Gasteiger partial charge on any atom is 0.233 e. The highest BCUT2D eigenvalue weighted by Gasteiger charge is 2.25. The van der Waals surface area contributed by atoms with Gasteiger partial charge in [0.25, 0.3) is 0 Å². The molecule has 0 saturated heterocycles. The van der Waals surface area contributed by atoms with Gasteiger partial charge in [0.2, 0.25) is 11.8 Å². The summed E-state index contributed by atoms with van der Waals surface area (Å²) in [5.41, 5.74) is 3.75. The molecule has 6 heteroatoms. The summed E-state index contributed by atoms with van der Waals surface area (Å²) in [6, 6.07) is 6.12. The molecule has 3 rings (SSSR count). The van der Waals surface area contributed by atoms with E-state index in [-0.39, 0.29) is 18.2 Å². The first kappa shape index (κ1) is 18.6. The topological polar surface area (TPSA) is 62.3 Å². The van der Waals surface area contributed by atoms with E-state index >= 15 is 0 Å². The first-order chi connectivity index (χ1) is 12.3. The second-order valence-electron chi connectivity index (χ2n) is 7.75. The zero-order chi connectivity index (χ0) is 18.9. The Morgan fingerprint density at radius 3 is 2.81 bits per heavy atom. The minimum Gasteiger partial charge on any atom is -0.312 e. The van der Waals surface area contributed by atoms with Crippen LogP contribution in [0.2, 0.25) is 0 Å². The minimum absolute atomic E-state index is 0.0514. The molecule has 0 saturated carbocycles. The first-order valence-electron chi connectivity index (χ1n) is 8.90. The number of hydrogen-bond donors (Lipinski definition) is 1. The summed E-state index contributed by atoms with van der Waals surface area (Å²) in [5.74, 6) is -0.0271. The van der Waals surface area contributed by atoms with Crippen LogP contribution in [0.5, 0.6) is 0 Å². The Morgan fingerprint density at radius 1 is 1.31 bits per heavy atom. The van der Waals surface area contributed by atoms with Crippen LogP contribution in [0.4, 0.5) is 10.8 Å². The van der Waals surface area contributed by atoms with Gasteiger partial charge < -0.3 is 10.2 Å². The van der Waals surface area contributed by atoms with Crippen LogP contribution in [0.25, 0.3) is 0 Å². The summed E-state index contributed by atoms with van der Waals surface area (Å²) in [6.45, 7) is 8.41. The van der Waals surface area contributed by atoms with Crippen molar-refractivity contribution >= 4 is 34.0 Å². The number of nitrogens with one attached hydrogen (secondary N) is 1. The number of aromatic nitrogens is 1. The molecule has 5 nitrogen and oxygen atoms in total. The fourth-order valence-electron chi connectivity index (χ4n) is 3.04. The third kappa shape index (κ3) is 3.96. The number of rotatable bonds is 3. The summed E-state index contributed by atoms with van der Waals surface area (Å²) in [5, 5.41) is 5.21. The van der Waals surface area contributed by atoms with Crippen molar-refractivity contribution in [1.82, 2.24) is 4.98 Å². The highest BCUT2D eigenvalue weighted by molar-refractivity contribution is 7.13. The molecule has 0 atom stereocenters. The molecule has 2 heterocycles. The number of hydrogen-bond acceptors (Lipinski definition) is 4. The predicted octanol–water partition coefficient (Wildman–Crippen LogP) is 3.96. The molecule has 0 unspecified atom stereocenters. The SMILES string of the molecule is Cc1cccc2c1CCCN2C(=O)Cc1csc(NC(=O)C(C)(C)C)n1. The number of nitrogens with zero attached hydrogens (tertiary/aromatic N) is 2. The number of anilines is 2. The summed E-state index contributed by atoms with van der Waals surface area (Å²) < 4.78 is 0. The van der Waals surface area contributed by atoms with Crippen molar-refractivity contribution in [1.29, 1.82) is 0 Å². The van der Waals surface area contributed by atoms with Crippen molar-refractivity contribution in [2.75, 3.05) is 16.8 Å². The molecular formula is C20H25N3O2S. The quantitative estimate of drug-likeness (QED) is 0.888. The molecule has 1 aliphatic rings. The number of amides is 2. The fourth-order valence-corrected chi connectivity index (χ4v) is 3.74. The van der Waals surface area contributed by atoms with E-state index < -0.39 is 5.41 Å². The molecule has 1 N–H and O–H groups in total. The van der Waals surface area contributed by atoms with Crippen LogP contribution in [0, 0.1) is 12.3 Å². The minimum atomic E-state index is -0.475. The van der Waals surface area contributed by atoms with Gasteiger partial charge in [0.15, 0.2) is 5.13 Å². The number of thiazole rings is 1. The van der Waals surface area contributed by atoms with Gasteiger partial charge in [-0.25, -0.2) is 4.98 Å². The number of benzene rings is 1. The molecule has 0 aliphatic carbocycles. The van der Waals surface area contributed by atoms with E-state index in [1.165, 1.54) is 22.5 Å². The van der Waals surface area contributed by atoms with Crippen molar-refractivity contribution in [2.45, 2.75) is 47.0 Å². The summed E-state index contributed by atoms with van der Waals surface area (Å²) >= 11 is 1.36. The van der Waals surface area contributed by atoms with Crippen molar-refractivity contribution in [3.05, 3.63) is 40.4 Å². The molecule has 0 radical (unpaired) electrons. The fraction of sp³-hybridized carbons (Fsp3) is 0.450. The molecule has 1 aliphatic heterocycles. The zero-order valence-corrected chi connectivity index (χ0v) is 16.6. The highest BCUT2D eigenvalue weighted by atomic mass is 32.1.